The molecule has 0 unspecified atom stereocenters. The molecule has 0 radical (unpaired) electrons. The molecule has 1 aliphatic carbocycles. The number of carbonyl (C=O) groups excluding carboxylic acids is 1. The molecule has 0 aromatic rings. The van der Waals surface area contributed by atoms with Crippen LogP contribution < -0.4 is 11.1 Å². The van der Waals surface area contributed by atoms with E-state index in [1.165, 1.54) is 0 Å². The van der Waals surface area contributed by atoms with Crippen LogP contribution >= 0.6 is 0 Å². The second-order valence-corrected chi connectivity index (χ2v) is 4.69. The molecule has 0 heterocycles. The molecule has 0 aromatic heterocycles. The van der Waals surface area contributed by atoms with E-state index in [0.29, 0.717) is 12.8 Å². The maximum absolute atomic E-state index is 11.9. The van der Waals surface area contributed by atoms with Crippen molar-refractivity contribution in [3.8, 4) is 0 Å². The van der Waals surface area contributed by atoms with Gasteiger partial charge in [-0.15, -0.1) is 0 Å². The standard InChI is InChI=1S/C11H19F3N2O/c12-11(13,14)7-4-8-16-9(17)10(15)5-2-1-3-6-10/h1-8,15H2,(H,16,17). The highest BCUT2D eigenvalue weighted by atomic mass is 19.4. The summed E-state index contributed by atoms with van der Waals surface area (Å²) in [4.78, 5) is 11.7. The van der Waals surface area contributed by atoms with Gasteiger partial charge in [-0.3, -0.25) is 4.79 Å². The first-order valence-electron chi connectivity index (χ1n) is 5.97. The number of hydrogen-bond acceptors (Lipinski definition) is 2. The van der Waals surface area contributed by atoms with Gasteiger partial charge in [0.25, 0.3) is 0 Å². The topological polar surface area (TPSA) is 55.1 Å². The van der Waals surface area contributed by atoms with E-state index in [2.05, 4.69) is 5.32 Å². The normalized spacial score (nSPS) is 20.0. The minimum Gasteiger partial charge on any atom is -0.354 e. The average Bonchev–Trinajstić information content (AvgIpc) is 2.24. The first-order valence-corrected chi connectivity index (χ1v) is 5.97. The van der Waals surface area contributed by atoms with Gasteiger partial charge in [0.1, 0.15) is 0 Å². The lowest BCUT2D eigenvalue weighted by Crippen LogP contribution is -2.55. The number of amides is 1. The molecule has 1 fully saturated rings. The average molecular weight is 252 g/mol. The predicted octanol–water partition coefficient (Wildman–Crippen LogP) is 2.11. The highest BCUT2D eigenvalue weighted by Crippen LogP contribution is 2.26. The number of carbonyl (C=O) groups is 1. The van der Waals surface area contributed by atoms with Crippen molar-refractivity contribution >= 4 is 5.91 Å². The zero-order valence-electron chi connectivity index (χ0n) is 9.78. The van der Waals surface area contributed by atoms with Crippen molar-refractivity contribution in [1.82, 2.24) is 5.32 Å². The van der Waals surface area contributed by atoms with Crippen molar-refractivity contribution in [2.24, 2.45) is 5.73 Å². The van der Waals surface area contributed by atoms with Gasteiger partial charge in [-0.05, 0) is 19.3 Å². The molecular formula is C11H19F3N2O. The van der Waals surface area contributed by atoms with E-state index in [-0.39, 0.29) is 18.9 Å². The van der Waals surface area contributed by atoms with Crippen LogP contribution in [0.4, 0.5) is 13.2 Å². The van der Waals surface area contributed by atoms with Crippen molar-refractivity contribution in [2.75, 3.05) is 6.54 Å². The SMILES string of the molecule is NC1(C(=O)NCCCC(F)(F)F)CCCCC1. The fourth-order valence-electron chi connectivity index (χ4n) is 2.08. The Labute approximate surface area is 98.9 Å². The molecule has 0 aromatic carbocycles. The maximum Gasteiger partial charge on any atom is 0.389 e. The molecule has 6 heteroatoms. The minimum absolute atomic E-state index is 0.0390. The fourth-order valence-corrected chi connectivity index (χ4v) is 2.08. The Kier molecular flexibility index (Phi) is 4.80. The largest absolute Gasteiger partial charge is 0.389 e. The molecule has 0 aliphatic heterocycles. The lowest BCUT2D eigenvalue weighted by atomic mass is 9.82. The first kappa shape index (κ1) is 14.3. The lowest BCUT2D eigenvalue weighted by molar-refractivity contribution is -0.137. The molecule has 0 spiro atoms. The molecule has 100 valence electrons. The molecule has 3 N–H and O–H groups in total. The molecule has 0 saturated heterocycles. The van der Waals surface area contributed by atoms with Gasteiger partial charge < -0.3 is 11.1 Å². The Bertz CT molecular complexity index is 260. The van der Waals surface area contributed by atoms with Gasteiger partial charge in [-0.1, -0.05) is 19.3 Å². The molecule has 1 amide bonds. The number of halogens is 3. The summed E-state index contributed by atoms with van der Waals surface area (Å²) >= 11 is 0. The molecule has 0 bridgehead atoms. The summed E-state index contributed by atoms with van der Waals surface area (Å²) in [5.74, 6) is -0.306. The Morgan fingerprint density at radius 1 is 1.24 bits per heavy atom. The highest BCUT2D eigenvalue weighted by molar-refractivity contribution is 5.86. The monoisotopic (exact) mass is 252 g/mol. The Hall–Kier alpha value is -0.780. The van der Waals surface area contributed by atoms with Gasteiger partial charge >= 0.3 is 6.18 Å². The molecule has 1 aliphatic rings. The van der Waals surface area contributed by atoms with Gasteiger partial charge in [0.05, 0.1) is 5.54 Å². The Balaban J connectivity index is 2.24. The van der Waals surface area contributed by atoms with E-state index in [1.807, 2.05) is 0 Å². The van der Waals surface area contributed by atoms with Gasteiger partial charge in [0.2, 0.25) is 5.91 Å². The summed E-state index contributed by atoms with van der Waals surface area (Å²) in [6.45, 7) is 0.0390. The molecule has 17 heavy (non-hydrogen) atoms. The van der Waals surface area contributed by atoms with Gasteiger partial charge in [-0.2, -0.15) is 13.2 Å². The van der Waals surface area contributed by atoms with Crippen molar-refractivity contribution in [3.63, 3.8) is 0 Å². The van der Waals surface area contributed by atoms with Crippen LogP contribution in [0.15, 0.2) is 0 Å². The third kappa shape index (κ3) is 4.93. The first-order chi connectivity index (χ1) is 7.83. The second kappa shape index (κ2) is 5.71. The van der Waals surface area contributed by atoms with Crippen LogP contribution in [0.5, 0.6) is 0 Å². The van der Waals surface area contributed by atoms with Crippen LogP contribution in [0.1, 0.15) is 44.9 Å². The maximum atomic E-state index is 11.9. The summed E-state index contributed by atoms with van der Waals surface area (Å²) in [6, 6.07) is 0. The van der Waals surface area contributed by atoms with Gasteiger partial charge in [0, 0.05) is 13.0 Å². The van der Waals surface area contributed by atoms with Crippen molar-refractivity contribution in [1.29, 1.82) is 0 Å². The third-order valence-corrected chi connectivity index (χ3v) is 3.12. The molecular weight excluding hydrogens is 233 g/mol. The van der Waals surface area contributed by atoms with Crippen molar-refractivity contribution < 1.29 is 18.0 Å². The van der Waals surface area contributed by atoms with E-state index in [0.717, 1.165) is 19.3 Å². The summed E-state index contributed by atoms with van der Waals surface area (Å²) in [5, 5.41) is 2.50. The number of rotatable bonds is 4. The zero-order chi connectivity index (χ0) is 12.9. The highest BCUT2D eigenvalue weighted by Gasteiger charge is 2.35. The van der Waals surface area contributed by atoms with Crippen LogP contribution in [-0.4, -0.2) is 24.2 Å². The van der Waals surface area contributed by atoms with E-state index in [4.69, 9.17) is 5.73 Å². The van der Waals surface area contributed by atoms with E-state index >= 15 is 0 Å². The minimum atomic E-state index is -4.16. The van der Waals surface area contributed by atoms with Crippen LogP contribution in [0.3, 0.4) is 0 Å². The molecule has 1 rings (SSSR count). The number of alkyl halides is 3. The predicted molar refractivity (Wildman–Crippen MR) is 58.3 cm³/mol. The summed E-state index contributed by atoms with van der Waals surface area (Å²) in [5.41, 5.74) is 5.07. The van der Waals surface area contributed by atoms with Crippen molar-refractivity contribution in [2.45, 2.75) is 56.7 Å². The van der Waals surface area contributed by atoms with Crippen LogP contribution in [0.25, 0.3) is 0 Å². The van der Waals surface area contributed by atoms with Crippen molar-refractivity contribution in [3.05, 3.63) is 0 Å². The van der Waals surface area contributed by atoms with E-state index < -0.39 is 18.1 Å². The number of hydrogen-bond donors (Lipinski definition) is 2. The van der Waals surface area contributed by atoms with E-state index in [9.17, 15) is 18.0 Å². The third-order valence-electron chi connectivity index (χ3n) is 3.12. The molecule has 1 saturated carbocycles. The summed E-state index contributed by atoms with van der Waals surface area (Å²) in [7, 11) is 0. The summed E-state index contributed by atoms with van der Waals surface area (Å²) in [6.07, 6.45) is -0.985. The Morgan fingerprint density at radius 3 is 2.35 bits per heavy atom. The zero-order valence-corrected chi connectivity index (χ0v) is 9.78. The second-order valence-electron chi connectivity index (χ2n) is 4.69. The lowest BCUT2D eigenvalue weighted by Gasteiger charge is -2.31. The molecule has 3 nitrogen and oxygen atoms in total. The molecule has 0 atom stereocenters. The summed E-state index contributed by atoms with van der Waals surface area (Å²) < 4.78 is 35.6. The number of nitrogens with one attached hydrogen (secondary N) is 1. The van der Waals surface area contributed by atoms with Crippen LogP contribution in [0, 0.1) is 0 Å². The quantitative estimate of drug-likeness (QED) is 0.753. The van der Waals surface area contributed by atoms with Crippen LogP contribution in [-0.2, 0) is 4.79 Å². The van der Waals surface area contributed by atoms with E-state index in [1.54, 1.807) is 0 Å². The van der Waals surface area contributed by atoms with Gasteiger partial charge in [0.15, 0.2) is 0 Å². The van der Waals surface area contributed by atoms with Crippen LogP contribution in [0.2, 0.25) is 0 Å². The number of nitrogens with two attached hydrogens (primary N) is 1. The smallest absolute Gasteiger partial charge is 0.354 e. The fraction of sp³-hybridized carbons (Fsp3) is 0.909. The van der Waals surface area contributed by atoms with Gasteiger partial charge in [-0.25, -0.2) is 0 Å². The Morgan fingerprint density at radius 2 is 1.82 bits per heavy atom.